The first-order chi connectivity index (χ1) is 12.2. The molecular formula is C20H27IO4. The summed E-state index contributed by atoms with van der Waals surface area (Å²) < 4.78 is 12.5. The summed E-state index contributed by atoms with van der Waals surface area (Å²) in [5.41, 5.74) is 0. The molecule has 1 aromatic carbocycles. The minimum atomic E-state index is -2.76. The van der Waals surface area contributed by atoms with Crippen LogP contribution in [0.25, 0.3) is 0 Å². The molecule has 0 radical (unpaired) electrons. The first kappa shape index (κ1) is 18.7. The molecule has 0 aromatic heterocycles. The Bertz CT molecular complexity index is 530. The number of carbonyl (C=O) groups excluding carboxylic acids is 2. The molecular weight excluding hydrogens is 431 g/mol. The van der Waals surface area contributed by atoms with Crippen LogP contribution in [-0.4, -0.2) is 11.9 Å². The average Bonchev–Trinajstić information content (AvgIpc) is 2.69. The zero-order valence-corrected chi connectivity index (χ0v) is 16.8. The zero-order chi connectivity index (χ0) is 17.5. The van der Waals surface area contributed by atoms with Gasteiger partial charge in [0, 0.05) is 0 Å². The predicted octanol–water partition coefficient (Wildman–Crippen LogP) is 5.44. The second-order valence-electron chi connectivity index (χ2n) is 6.98. The molecule has 2 aliphatic carbocycles. The van der Waals surface area contributed by atoms with E-state index in [4.69, 9.17) is 6.13 Å². The van der Waals surface area contributed by atoms with E-state index in [1.807, 2.05) is 30.3 Å². The van der Waals surface area contributed by atoms with Gasteiger partial charge in [0.05, 0.1) is 0 Å². The van der Waals surface area contributed by atoms with Crippen molar-refractivity contribution in [3.05, 3.63) is 33.9 Å². The van der Waals surface area contributed by atoms with E-state index in [1.54, 1.807) is 0 Å². The molecule has 3 rings (SSSR count). The molecule has 0 unspecified atom stereocenters. The van der Waals surface area contributed by atoms with E-state index < -0.39 is 20.6 Å². The number of hydrogen-bond acceptors (Lipinski definition) is 4. The Morgan fingerprint density at radius 3 is 1.60 bits per heavy atom. The monoisotopic (exact) mass is 458 g/mol. The van der Waals surface area contributed by atoms with Crippen LogP contribution in [-0.2, 0) is 15.7 Å². The third-order valence-corrected chi connectivity index (χ3v) is 8.48. The van der Waals surface area contributed by atoms with Crippen molar-refractivity contribution in [1.29, 1.82) is 0 Å². The van der Waals surface area contributed by atoms with Crippen LogP contribution >= 0.6 is 20.6 Å². The van der Waals surface area contributed by atoms with Gasteiger partial charge in [0.1, 0.15) is 0 Å². The minimum absolute atomic E-state index is 0.0226. The predicted molar refractivity (Wildman–Crippen MR) is 104 cm³/mol. The Hall–Kier alpha value is -1.11. The molecule has 0 atom stereocenters. The normalized spacial score (nSPS) is 19.9. The standard InChI is InChI=1S/C20H27IO4/c22-19(16-10-4-1-5-11-16)24-21(18-14-8-3-9-15-18)25-20(23)17-12-6-2-7-13-17/h3,8-9,14-17H,1-2,4-7,10-13H2. The van der Waals surface area contributed by atoms with Crippen molar-refractivity contribution in [3.63, 3.8) is 0 Å². The number of carbonyl (C=O) groups is 2. The molecule has 25 heavy (non-hydrogen) atoms. The molecule has 1 aromatic rings. The summed E-state index contributed by atoms with van der Waals surface area (Å²) >= 11 is -2.76. The van der Waals surface area contributed by atoms with E-state index in [0.29, 0.717) is 0 Å². The van der Waals surface area contributed by atoms with Gasteiger partial charge in [-0.2, -0.15) is 0 Å². The average molecular weight is 458 g/mol. The van der Waals surface area contributed by atoms with Gasteiger partial charge in [-0.1, -0.05) is 0 Å². The summed E-state index contributed by atoms with van der Waals surface area (Å²) in [6, 6.07) is 9.55. The second-order valence-corrected chi connectivity index (χ2v) is 10.3. The van der Waals surface area contributed by atoms with Crippen molar-refractivity contribution in [1.82, 2.24) is 0 Å². The summed E-state index contributed by atoms with van der Waals surface area (Å²) in [6.07, 6.45) is 10.3. The summed E-state index contributed by atoms with van der Waals surface area (Å²) in [4.78, 5) is 25.1. The van der Waals surface area contributed by atoms with E-state index in [0.717, 1.165) is 54.9 Å². The summed E-state index contributed by atoms with van der Waals surface area (Å²) in [5, 5.41) is 0. The molecule has 0 aliphatic heterocycles. The van der Waals surface area contributed by atoms with Crippen LogP contribution in [0.2, 0.25) is 0 Å². The molecule has 5 heteroatoms. The molecule has 2 aliphatic rings. The maximum atomic E-state index is 12.6. The van der Waals surface area contributed by atoms with E-state index in [2.05, 4.69) is 0 Å². The van der Waals surface area contributed by atoms with Crippen molar-refractivity contribution in [2.45, 2.75) is 64.2 Å². The van der Waals surface area contributed by atoms with Gasteiger partial charge in [-0.25, -0.2) is 0 Å². The van der Waals surface area contributed by atoms with E-state index >= 15 is 0 Å². The van der Waals surface area contributed by atoms with E-state index in [9.17, 15) is 9.59 Å². The molecule has 0 spiro atoms. The second kappa shape index (κ2) is 9.55. The topological polar surface area (TPSA) is 52.6 Å². The Labute approximate surface area is 158 Å². The van der Waals surface area contributed by atoms with Crippen molar-refractivity contribution >= 4 is 32.6 Å². The van der Waals surface area contributed by atoms with Crippen LogP contribution in [0.1, 0.15) is 64.2 Å². The quantitative estimate of drug-likeness (QED) is 0.552. The van der Waals surface area contributed by atoms with Gasteiger partial charge in [0.2, 0.25) is 0 Å². The van der Waals surface area contributed by atoms with Gasteiger partial charge in [0.25, 0.3) is 0 Å². The number of benzene rings is 1. The molecule has 0 amide bonds. The molecule has 2 saturated carbocycles. The van der Waals surface area contributed by atoms with Crippen molar-refractivity contribution < 1.29 is 15.7 Å². The number of halogens is 1. The van der Waals surface area contributed by atoms with Crippen LogP contribution in [0.3, 0.4) is 0 Å². The molecule has 0 N–H and O–H groups in total. The Kier molecular flexibility index (Phi) is 7.13. The molecule has 138 valence electrons. The van der Waals surface area contributed by atoms with E-state index in [1.165, 1.54) is 12.8 Å². The third-order valence-electron chi connectivity index (χ3n) is 5.08. The fourth-order valence-electron chi connectivity index (χ4n) is 3.56. The first-order valence-corrected chi connectivity index (χ1v) is 12.3. The third kappa shape index (κ3) is 5.43. The number of rotatable bonds is 5. The molecule has 0 heterocycles. The molecule has 2 fully saturated rings. The van der Waals surface area contributed by atoms with Gasteiger partial charge in [0.15, 0.2) is 0 Å². The summed E-state index contributed by atoms with van der Waals surface area (Å²) in [5.74, 6) is -0.369. The number of hydrogen-bond donors (Lipinski definition) is 0. The van der Waals surface area contributed by atoms with Gasteiger partial charge in [-0.15, -0.1) is 0 Å². The van der Waals surface area contributed by atoms with Gasteiger partial charge in [-0.3, -0.25) is 0 Å². The van der Waals surface area contributed by atoms with Gasteiger partial charge in [-0.05, 0) is 0 Å². The maximum absolute atomic E-state index is 12.6. The summed E-state index contributed by atoms with van der Waals surface area (Å²) in [6.45, 7) is 0. The fourth-order valence-corrected chi connectivity index (χ4v) is 6.67. The first-order valence-electron chi connectivity index (χ1n) is 9.44. The Balaban J connectivity index is 1.66. The summed E-state index contributed by atoms with van der Waals surface area (Å²) in [7, 11) is 0. The van der Waals surface area contributed by atoms with Gasteiger partial charge < -0.3 is 0 Å². The van der Waals surface area contributed by atoms with E-state index in [-0.39, 0.29) is 23.8 Å². The SMILES string of the molecule is O=C(OI(OC(=O)C1CCCCC1)c1ccccc1)C1CCCCC1. The molecule has 0 bridgehead atoms. The van der Waals surface area contributed by atoms with Crippen LogP contribution in [0.4, 0.5) is 0 Å². The van der Waals surface area contributed by atoms with Crippen LogP contribution in [0, 0.1) is 15.4 Å². The van der Waals surface area contributed by atoms with Crippen molar-refractivity contribution in [3.8, 4) is 0 Å². The Morgan fingerprint density at radius 1 is 0.720 bits per heavy atom. The van der Waals surface area contributed by atoms with Crippen LogP contribution in [0.15, 0.2) is 30.3 Å². The van der Waals surface area contributed by atoms with Crippen LogP contribution < -0.4 is 0 Å². The van der Waals surface area contributed by atoms with Gasteiger partial charge >= 0.3 is 158 Å². The molecule has 0 saturated heterocycles. The fraction of sp³-hybridized carbons (Fsp3) is 0.600. The Morgan fingerprint density at radius 2 is 1.16 bits per heavy atom. The van der Waals surface area contributed by atoms with Crippen molar-refractivity contribution in [2.75, 3.05) is 0 Å². The van der Waals surface area contributed by atoms with Crippen LogP contribution in [0.5, 0.6) is 0 Å². The zero-order valence-electron chi connectivity index (χ0n) is 14.6. The van der Waals surface area contributed by atoms with Crippen molar-refractivity contribution in [2.24, 2.45) is 11.8 Å². The molecule has 4 nitrogen and oxygen atoms in total.